The predicted octanol–water partition coefficient (Wildman–Crippen LogP) is 2.63. The molecule has 0 spiro atoms. The molecule has 1 fully saturated rings. The number of amides is 1. The van der Waals surface area contributed by atoms with Crippen LogP contribution in [0.15, 0.2) is 47.2 Å². The Balaban J connectivity index is 1.43. The van der Waals surface area contributed by atoms with Gasteiger partial charge in [0.05, 0.1) is 0 Å². The van der Waals surface area contributed by atoms with Gasteiger partial charge in [0.25, 0.3) is 5.91 Å². The normalized spacial score (nSPS) is 17.2. The first-order chi connectivity index (χ1) is 13.2. The quantitative estimate of drug-likeness (QED) is 0.748. The van der Waals surface area contributed by atoms with E-state index in [1.807, 2.05) is 35.2 Å². The molecule has 0 aliphatic carbocycles. The Kier molecular flexibility index (Phi) is 5.02. The van der Waals surface area contributed by atoms with E-state index in [0.717, 1.165) is 23.9 Å². The molecule has 1 atom stereocenters. The summed E-state index contributed by atoms with van der Waals surface area (Å²) in [5.74, 6) is 0.928. The number of ether oxygens (including phenoxy) is 1. The van der Waals surface area contributed by atoms with Gasteiger partial charge in [0, 0.05) is 37.3 Å². The van der Waals surface area contributed by atoms with Crippen LogP contribution in [0.4, 0.5) is 0 Å². The summed E-state index contributed by atoms with van der Waals surface area (Å²) in [5.41, 5.74) is 1.11. The van der Waals surface area contributed by atoms with E-state index in [1.165, 1.54) is 6.26 Å². The third-order valence-corrected chi connectivity index (χ3v) is 4.75. The fraction of sp³-hybridized carbons (Fsp3) is 0.350. The third-order valence-electron chi connectivity index (χ3n) is 4.75. The fourth-order valence-corrected chi connectivity index (χ4v) is 3.25. The monoisotopic (exact) mass is 366 g/mol. The van der Waals surface area contributed by atoms with E-state index in [2.05, 4.69) is 22.2 Å². The molecule has 4 rings (SSSR count). The van der Waals surface area contributed by atoms with E-state index in [-0.39, 0.29) is 12.5 Å². The molecular formula is C20H22N4O3. The molecule has 0 saturated carbocycles. The van der Waals surface area contributed by atoms with Crippen LogP contribution in [0.3, 0.4) is 0 Å². The first-order valence-corrected chi connectivity index (χ1v) is 9.18. The zero-order chi connectivity index (χ0) is 18.6. The number of hydrogen-bond acceptors (Lipinski definition) is 6. The van der Waals surface area contributed by atoms with Crippen LogP contribution in [-0.2, 0) is 6.61 Å². The topological polar surface area (TPSA) is 80.5 Å². The minimum atomic E-state index is -0.100. The minimum absolute atomic E-state index is 0.100. The van der Waals surface area contributed by atoms with Crippen LogP contribution in [0, 0.1) is 0 Å². The van der Waals surface area contributed by atoms with Crippen LogP contribution in [0.5, 0.6) is 5.75 Å². The lowest BCUT2D eigenvalue weighted by molar-refractivity contribution is 0.0695. The van der Waals surface area contributed by atoms with Crippen LogP contribution >= 0.6 is 0 Å². The van der Waals surface area contributed by atoms with Gasteiger partial charge in [-0.15, -0.1) is 0 Å². The highest BCUT2D eigenvalue weighted by molar-refractivity contribution is 5.92. The smallest absolute Gasteiger partial charge is 0.275 e. The highest BCUT2D eigenvalue weighted by Gasteiger charge is 2.25. The summed E-state index contributed by atoms with van der Waals surface area (Å²) in [6.07, 6.45) is 4.13. The molecule has 1 N–H and O–H groups in total. The second kappa shape index (κ2) is 7.75. The standard InChI is InChI=1S/C20H22N4O3/c1-2-15-11-24(10-9-21-15)20(25)16-12-27-18(23-16)13-26-17-7-3-5-14-6-4-8-22-19(14)17/h3-8,12,15,21H,2,9-11,13H2,1H3/t15-/m1/s1. The number of nitrogens with one attached hydrogen (secondary N) is 1. The number of aromatic nitrogens is 2. The molecule has 1 aliphatic rings. The zero-order valence-electron chi connectivity index (χ0n) is 15.2. The maximum Gasteiger partial charge on any atom is 0.275 e. The molecule has 1 aromatic carbocycles. The van der Waals surface area contributed by atoms with Gasteiger partial charge in [-0.05, 0) is 18.6 Å². The molecule has 7 heteroatoms. The molecule has 27 heavy (non-hydrogen) atoms. The van der Waals surface area contributed by atoms with E-state index in [9.17, 15) is 4.79 Å². The van der Waals surface area contributed by atoms with Gasteiger partial charge >= 0.3 is 0 Å². The second-order valence-electron chi connectivity index (χ2n) is 6.56. The fourth-order valence-electron chi connectivity index (χ4n) is 3.25. The van der Waals surface area contributed by atoms with Crippen molar-refractivity contribution in [1.29, 1.82) is 0 Å². The lowest BCUT2D eigenvalue weighted by atomic mass is 10.1. The number of rotatable bonds is 5. The van der Waals surface area contributed by atoms with Gasteiger partial charge in [0.2, 0.25) is 5.89 Å². The summed E-state index contributed by atoms with van der Waals surface area (Å²) in [6.45, 7) is 4.42. The average molecular weight is 366 g/mol. The Hall–Kier alpha value is -2.93. The molecule has 2 aromatic heterocycles. The Bertz CT molecular complexity index is 934. The number of carbonyl (C=O) groups excluding carboxylic acids is 1. The van der Waals surface area contributed by atoms with E-state index in [4.69, 9.17) is 9.15 Å². The minimum Gasteiger partial charge on any atom is -0.482 e. The SMILES string of the molecule is CC[C@@H]1CN(C(=O)c2coc(COc3cccc4cccnc34)n2)CCN1. The van der Waals surface area contributed by atoms with Crippen molar-refractivity contribution in [3.8, 4) is 5.75 Å². The van der Waals surface area contributed by atoms with Gasteiger partial charge < -0.3 is 19.4 Å². The number of carbonyl (C=O) groups is 1. The molecule has 0 unspecified atom stereocenters. The molecule has 0 radical (unpaired) electrons. The Morgan fingerprint density at radius 2 is 2.26 bits per heavy atom. The lowest BCUT2D eigenvalue weighted by Gasteiger charge is -2.32. The number of hydrogen-bond donors (Lipinski definition) is 1. The molecule has 3 heterocycles. The molecule has 140 valence electrons. The molecule has 1 saturated heterocycles. The zero-order valence-corrected chi connectivity index (χ0v) is 15.2. The highest BCUT2D eigenvalue weighted by Crippen LogP contribution is 2.23. The Morgan fingerprint density at radius 3 is 3.15 bits per heavy atom. The van der Waals surface area contributed by atoms with Gasteiger partial charge in [-0.1, -0.05) is 25.1 Å². The molecule has 7 nitrogen and oxygen atoms in total. The van der Waals surface area contributed by atoms with Crippen LogP contribution in [-0.4, -0.2) is 46.5 Å². The molecule has 1 aliphatic heterocycles. The first-order valence-electron chi connectivity index (χ1n) is 9.18. The van der Waals surface area contributed by atoms with Gasteiger partial charge in [-0.25, -0.2) is 4.98 Å². The predicted molar refractivity (Wildman–Crippen MR) is 101 cm³/mol. The Morgan fingerprint density at radius 1 is 1.37 bits per heavy atom. The van der Waals surface area contributed by atoms with E-state index in [0.29, 0.717) is 36.5 Å². The summed E-state index contributed by atoms with van der Waals surface area (Å²) in [4.78, 5) is 23.1. The first kappa shape index (κ1) is 17.5. The third kappa shape index (κ3) is 3.78. The van der Waals surface area contributed by atoms with Gasteiger partial charge in [-0.2, -0.15) is 0 Å². The summed E-state index contributed by atoms with van der Waals surface area (Å²) in [6, 6.07) is 9.95. The van der Waals surface area contributed by atoms with Crippen molar-refractivity contribution >= 4 is 16.8 Å². The number of para-hydroxylation sites is 1. The molecule has 3 aromatic rings. The number of fused-ring (bicyclic) bond motifs is 1. The molecule has 0 bridgehead atoms. The van der Waals surface area contributed by atoms with Crippen LogP contribution in [0.1, 0.15) is 29.7 Å². The van der Waals surface area contributed by atoms with E-state index < -0.39 is 0 Å². The van der Waals surface area contributed by atoms with E-state index in [1.54, 1.807) is 6.20 Å². The van der Waals surface area contributed by atoms with Crippen molar-refractivity contribution in [2.75, 3.05) is 19.6 Å². The van der Waals surface area contributed by atoms with Crippen molar-refractivity contribution in [3.05, 3.63) is 54.4 Å². The summed E-state index contributed by atoms with van der Waals surface area (Å²) in [5, 5.41) is 4.40. The highest BCUT2D eigenvalue weighted by atomic mass is 16.5. The van der Waals surface area contributed by atoms with Gasteiger partial charge in [-0.3, -0.25) is 9.78 Å². The van der Waals surface area contributed by atoms with Crippen LogP contribution < -0.4 is 10.1 Å². The van der Waals surface area contributed by atoms with E-state index >= 15 is 0 Å². The van der Waals surface area contributed by atoms with Crippen molar-refractivity contribution in [2.45, 2.75) is 26.0 Å². The Labute approximate surface area is 157 Å². The van der Waals surface area contributed by atoms with Crippen LogP contribution in [0.25, 0.3) is 10.9 Å². The van der Waals surface area contributed by atoms with Crippen molar-refractivity contribution in [1.82, 2.24) is 20.2 Å². The summed E-state index contributed by atoms with van der Waals surface area (Å²) in [7, 11) is 0. The van der Waals surface area contributed by atoms with Gasteiger partial charge in [0.15, 0.2) is 12.3 Å². The maximum atomic E-state index is 12.6. The van der Waals surface area contributed by atoms with Crippen molar-refractivity contribution in [3.63, 3.8) is 0 Å². The molecule has 1 amide bonds. The second-order valence-corrected chi connectivity index (χ2v) is 6.56. The number of pyridine rings is 1. The van der Waals surface area contributed by atoms with Crippen molar-refractivity contribution in [2.24, 2.45) is 0 Å². The lowest BCUT2D eigenvalue weighted by Crippen LogP contribution is -2.52. The summed E-state index contributed by atoms with van der Waals surface area (Å²) >= 11 is 0. The molecular weight excluding hydrogens is 344 g/mol. The van der Waals surface area contributed by atoms with Crippen molar-refractivity contribution < 1.29 is 13.9 Å². The number of oxazole rings is 1. The average Bonchev–Trinajstić information content (AvgIpc) is 3.20. The number of piperazine rings is 1. The maximum absolute atomic E-state index is 12.6. The number of nitrogens with zero attached hydrogens (tertiary/aromatic N) is 3. The van der Waals surface area contributed by atoms with Crippen LogP contribution in [0.2, 0.25) is 0 Å². The number of benzene rings is 1. The largest absolute Gasteiger partial charge is 0.482 e. The summed E-state index contributed by atoms with van der Waals surface area (Å²) < 4.78 is 11.3. The van der Waals surface area contributed by atoms with Gasteiger partial charge in [0.1, 0.15) is 17.5 Å².